The van der Waals surface area contributed by atoms with Crippen LogP contribution in [-0.4, -0.2) is 33.8 Å². The van der Waals surface area contributed by atoms with E-state index in [0.29, 0.717) is 17.8 Å². The van der Waals surface area contributed by atoms with Crippen LogP contribution in [0.2, 0.25) is 0 Å². The summed E-state index contributed by atoms with van der Waals surface area (Å²) in [4.78, 5) is 14.9. The highest BCUT2D eigenvalue weighted by Crippen LogP contribution is 2.62. The monoisotopic (exact) mass is 419 g/mol. The summed E-state index contributed by atoms with van der Waals surface area (Å²) in [6, 6.07) is 8.16. The van der Waals surface area contributed by atoms with Gasteiger partial charge in [-0.1, -0.05) is 28.1 Å². The van der Waals surface area contributed by atoms with Crippen LogP contribution in [0, 0.1) is 17.8 Å². The number of benzene rings is 1. The first-order valence-electron chi connectivity index (χ1n) is 9.86. The van der Waals surface area contributed by atoms with Crippen molar-refractivity contribution in [3.05, 3.63) is 34.3 Å². The summed E-state index contributed by atoms with van der Waals surface area (Å²) in [5, 5.41) is 10.8. The Kier molecular flexibility index (Phi) is 3.75. The van der Waals surface area contributed by atoms with Crippen LogP contribution in [0.4, 0.5) is 4.79 Å². The highest BCUT2D eigenvalue weighted by atomic mass is 79.9. The molecule has 5 fully saturated rings. The molecule has 4 aliphatic carbocycles. The third kappa shape index (κ3) is 2.46. The second-order valence-corrected chi connectivity index (χ2v) is 9.98. The van der Waals surface area contributed by atoms with E-state index in [1.165, 1.54) is 0 Å². The molecule has 1 amide bonds. The Morgan fingerprint density at radius 1 is 1.19 bits per heavy atom. The molecular weight excluding hydrogens is 394 g/mol. The van der Waals surface area contributed by atoms with Crippen LogP contribution in [0.3, 0.4) is 0 Å². The van der Waals surface area contributed by atoms with Crippen LogP contribution < -0.4 is 0 Å². The van der Waals surface area contributed by atoms with E-state index >= 15 is 0 Å². The number of hydrogen-bond acceptors (Lipinski definition) is 3. The van der Waals surface area contributed by atoms with Crippen molar-refractivity contribution in [1.82, 2.24) is 4.90 Å². The van der Waals surface area contributed by atoms with E-state index in [2.05, 4.69) is 35.0 Å². The summed E-state index contributed by atoms with van der Waals surface area (Å²) < 4.78 is 7.28. The maximum Gasteiger partial charge on any atom is 0.410 e. The molecule has 6 rings (SSSR count). The highest BCUT2D eigenvalue weighted by Gasteiger charge is 2.64. The lowest BCUT2D eigenvalue weighted by atomic mass is 9.47. The molecular formula is C21H26BrNO3. The molecule has 26 heavy (non-hydrogen) atoms. The minimum atomic E-state index is -0.490. The summed E-state index contributed by atoms with van der Waals surface area (Å²) in [5.41, 5.74) is 0.312. The molecule has 1 saturated heterocycles. The molecule has 3 atom stereocenters. The van der Waals surface area contributed by atoms with Crippen LogP contribution in [0.5, 0.6) is 0 Å². The van der Waals surface area contributed by atoms with Crippen molar-refractivity contribution >= 4 is 22.0 Å². The maximum absolute atomic E-state index is 13.0. The zero-order valence-electron chi connectivity index (χ0n) is 15.2. The summed E-state index contributed by atoms with van der Waals surface area (Å²) in [5.74, 6) is 1.31. The number of carbonyl (C=O) groups excluding carboxylic acids is 1. The summed E-state index contributed by atoms with van der Waals surface area (Å²) in [7, 11) is 0. The van der Waals surface area contributed by atoms with Gasteiger partial charge in [0.05, 0.1) is 11.6 Å². The zero-order chi connectivity index (χ0) is 18.1. The van der Waals surface area contributed by atoms with E-state index in [1.807, 2.05) is 17.0 Å². The van der Waals surface area contributed by atoms with E-state index in [9.17, 15) is 9.90 Å². The predicted octanol–water partition coefficient (Wildman–Crippen LogP) is 4.66. The van der Waals surface area contributed by atoms with Gasteiger partial charge >= 0.3 is 6.09 Å². The molecule has 1 aromatic carbocycles. The first-order chi connectivity index (χ1) is 12.4. The zero-order valence-corrected chi connectivity index (χ0v) is 16.7. The first kappa shape index (κ1) is 17.1. The third-order valence-electron chi connectivity index (χ3n) is 7.61. The van der Waals surface area contributed by atoms with Gasteiger partial charge < -0.3 is 14.7 Å². The van der Waals surface area contributed by atoms with E-state index in [1.54, 1.807) is 0 Å². The van der Waals surface area contributed by atoms with Gasteiger partial charge in [0.15, 0.2) is 0 Å². The van der Waals surface area contributed by atoms with Gasteiger partial charge in [-0.3, -0.25) is 0 Å². The van der Waals surface area contributed by atoms with Crippen molar-refractivity contribution in [2.24, 2.45) is 17.8 Å². The molecule has 4 nitrogen and oxygen atoms in total. The standard InChI is InChI=1S/C21H26BrNO3/c1-13(15-2-4-18(22)5-3-15)23-7-6-21(26-19(23)24)16-8-14-9-17(21)12-20(25,10-14)11-16/h2-5,13-14,16-17,25H,6-12H2,1H3/t13-,14?,16?,17?,20-,21+/m0/s1. The molecule has 5 aliphatic rings. The summed E-state index contributed by atoms with van der Waals surface area (Å²) in [6.07, 6.45) is 5.55. The van der Waals surface area contributed by atoms with E-state index in [0.717, 1.165) is 55.1 Å². The lowest BCUT2D eigenvalue weighted by molar-refractivity contribution is -0.240. The van der Waals surface area contributed by atoms with Crippen LogP contribution in [-0.2, 0) is 4.74 Å². The van der Waals surface area contributed by atoms with Gasteiger partial charge in [0, 0.05) is 29.3 Å². The van der Waals surface area contributed by atoms with E-state index in [4.69, 9.17) is 4.74 Å². The molecule has 0 radical (unpaired) electrons. The first-order valence-corrected chi connectivity index (χ1v) is 10.7. The topological polar surface area (TPSA) is 49.8 Å². The van der Waals surface area contributed by atoms with Crippen LogP contribution in [0.1, 0.15) is 57.1 Å². The Morgan fingerprint density at radius 2 is 1.85 bits per heavy atom. The molecule has 4 saturated carbocycles. The second-order valence-electron chi connectivity index (χ2n) is 9.06. The number of carbonyl (C=O) groups is 1. The Bertz CT molecular complexity index is 717. The van der Waals surface area contributed by atoms with E-state index in [-0.39, 0.29) is 17.7 Å². The van der Waals surface area contributed by atoms with Crippen molar-refractivity contribution < 1.29 is 14.6 Å². The number of nitrogens with zero attached hydrogens (tertiary/aromatic N) is 1. The van der Waals surface area contributed by atoms with Crippen molar-refractivity contribution in [3.8, 4) is 0 Å². The number of aliphatic hydroxyl groups is 1. The van der Waals surface area contributed by atoms with Crippen LogP contribution >= 0.6 is 15.9 Å². The number of ether oxygens (including phenoxy) is 1. The Hall–Kier alpha value is -1.07. The molecule has 1 aliphatic heterocycles. The molecule has 1 N–H and O–H groups in total. The molecule has 1 heterocycles. The van der Waals surface area contributed by atoms with Crippen molar-refractivity contribution in [2.75, 3.05) is 6.54 Å². The predicted molar refractivity (Wildman–Crippen MR) is 102 cm³/mol. The van der Waals surface area contributed by atoms with Gasteiger partial charge in [0.2, 0.25) is 0 Å². The summed E-state index contributed by atoms with van der Waals surface area (Å²) >= 11 is 3.46. The second kappa shape index (κ2) is 5.71. The number of amides is 1. The van der Waals surface area contributed by atoms with E-state index < -0.39 is 5.60 Å². The van der Waals surface area contributed by atoms with Crippen molar-refractivity contribution in [3.63, 3.8) is 0 Å². The van der Waals surface area contributed by atoms with Gasteiger partial charge in [-0.15, -0.1) is 0 Å². The van der Waals surface area contributed by atoms with Crippen LogP contribution in [0.15, 0.2) is 28.7 Å². The molecule has 1 aromatic rings. The normalized spacial score (nSPS) is 42.2. The Labute approximate surface area is 163 Å². The fourth-order valence-corrected chi connectivity index (χ4v) is 6.79. The molecule has 5 heteroatoms. The maximum atomic E-state index is 13.0. The number of halogens is 1. The van der Waals surface area contributed by atoms with Gasteiger partial charge in [0.25, 0.3) is 0 Å². The fraction of sp³-hybridized carbons (Fsp3) is 0.667. The fourth-order valence-electron chi connectivity index (χ4n) is 6.52. The van der Waals surface area contributed by atoms with Gasteiger partial charge in [-0.25, -0.2) is 4.79 Å². The average Bonchev–Trinajstić information content (AvgIpc) is 2.59. The molecule has 4 bridgehead atoms. The lowest BCUT2D eigenvalue weighted by Crippen LogP contribution is -2.67. The smallest absolute Gasteiger partial charge is 0.410 e. The largest absolute Gasteiger partial charge is 0.442 e. The quantitative estimate of drug-likeness (QED) is 0.757. The lowest BCUT2D eigenvalue weighted by Gasteiger charge is -2.64. The minimum Gasteiger partial charge on any atom is -0.442 e. The third-order valence-corrected chi connectivity index (χ3v) is 8.14. The molecule has 140 valence electrons. The molecule has 2 unspecified atom stereocenters. The minimum absolute atomic E-state index is 0.00830. The van der Waals surface area contributed by atoms with Crippen molar-refractivity contribution in [2.45, 2.75) is 62.7 Å². The van der Waals surface area contributed by atoms with Crippen LogP contribution in [0.25, 0.3) is 0 Å². The average molecular weight is 420 g/mol. The SMILES string of the molecule is C[C@@H](c1ccc(Br)cc1)N1CC[C@]2(OC1=O)C1CC3CC2C[C@@](O)(C3)C1. The van der Waals surface area contributed by atoms with Crippen molar-refractivity contribution in [1.29, 1.82) is 0 Å². The number of hydrogen-bond donors (Lipinski definition) is 1. The molecule has 1 spiro atoms. The molecule has 0 aromatic heterocycles. The Morgan fingerprint density at radius 3 is 2.42 bits per heavy atom. The van der Waals surface area contributed by atoms with Gasteiger partial charge in [0.1, 0.15) is 5.60 Å². The Balaban J connectivity index is 1.36. The van der Waals surface area contributed by atoms with Gasteiger partial charge in [-0.2, -0.15) is 0 Å². The van der Waals surface area contributed by atoms with Gasteiger partial charge in [-0.05, 0) is 62.6 Å². The number of rotatable bonds is 2. The summed E-state index contributed by atoms with van der Waals surface area (Å²) in [6.45, 7) is 2.81. The highest BCUT2D eigenvalue weighted by molar-refractivity contribution is 9.10.